The molecule has 0 aromatic rings. The lowest BCUT2D eigenvalue weighted by atomic mass is 10.2. The number of unbranched alkanes of at least 4 members (excludes halogenated alkanes) is 6. The van der Waals surface area contributed by atoms with Crippen LogP contribution in [0.1, 0.15) is 51.4 Å². The first-order valence-electron chi connectivity index (χ1n) is 6.95. The fraction of sp³-hybridized carbons (Fsp3) is 0.714. The Morgan fingerprint density at radius 3 is 1.70 bits per heavy atom. The predicted molar refractivity (Wildman–Crippen MR) is 78.9 cm³/mol. The third-order valence-electron chi connectivity index (χ3n) is 2.96. The van der Waals surface area contributed by atoms with E-state index >= 15 is 0 Å². The molecule has 0 unspecified atom stereocenters. The molecule has 0 aromatic carbocycles. The van der Waals surface area contributed by atoms with Gasteiger partial charge in [0.2, 0.25) is 10.0 Å². The van der Waals surface area contributed by atoms with Crippen LogP contribution in [0.2, 0.25) is 0 Å². The fourth-order valence-electron chi connectivity index (χ4n) is 1.81. The van der Waals surface area contributed by atoms with E-state index in [-0.39, 0.29) is 0 Å². The maximum Gasteiger partial charge on any atom is 0.235 e. The van der Waals surface area contributed by atoms with Gasteiger partial charge < -0.3 is 0 Å². The number of hydrogen-bond acceptors (Lipinski definition) is 4. The minimum Gasteiger partial charge on any atom is -0.208 e. The van der Waals surface area contributed by atoms with E-state index in [9.17, 15) is 8.42 Å². The zero-order chi connectivity index (χ0) is 15.3. The SMILES string of the molecule is C=CS(=O)(=O)N(CCCCCC#N)CCCCCC#N. The average Bonchev–Trinajstić information content (AvgIpc) is 2.44. The Morgan fingerprint density at radius 1 is 0.900 bits per heavy atom. The van der Waals surface area contributed by atoms with Crippen LogP contribution < -0.4 is 0 Å². The fourth-order valence-corrected chi connectivity index (χ4v) is 2.79. The third kappa shape index (κ3) is 8.68. The van der Waals surface area contributed by atoms with E-state index in [2.05, 4.69) is 18.7 Å². The Morgan fingerprint density at radius 2 is 1.35 bits per heavy atom. The summed E-state index contributed by atoms with van der Waals surface area (Å²) in [7, 11) is -3.38. The van der Waals surface area contributed by atoms with Gasteiger partial charge in [-0.2, -0.15) is 14.8 Å². The molecule has 0 heterocycles. The van der Waals surface area contributed by atoms with Crippen LogP contribution in [0.15, 0.2) is 12.0 Å². The number of nitriles is 2. The van der Waals surface area contributed by atoms with Crippen LogP contribution in [0.25, 0.3) is 0 Å². The molecule has 0 atom stereocenters. The van der Waals surface area contributed by atoms with E-state index in [0.717, 1.165) is 43.9 Å². The predicted octanol–water partition coefficient (Wildman–Crippen LogP) is 2.93. The van der Waals surface area contributed by atoms with Crippen LogP contribution in [0.5, 0.6) is 0 Å². The molecule has 112 valence electrons. The molecule has 0 radical (unpaired) electrons. The van der Waals surface area contributed by atoms with Crippen LogP contribution in [-0.4, -0.2) is 25.8 Å². The van der Waals surface area contributed by atoms with Gasteiger partial charge >= 0.3 is 0 Å². The van der Waals surface area contributed by atoms with Gasteiger partial charge in [-0.3, -0.25) is 0 Å². The summed E-state index contributed by atoms with van der Waals surface area (Å²) in [4.78, 5) is 0. The van der Waals surface area contributed by atoms with Crippen molar-refractivity contribution < 1.29 is 8.42 Å². The highest BCUT2D eigenvalue weighted by Crippen LogP contribution is 2.10. The van der Waals surface area contributed by atoms with Gasteiger partial charge in [-0.1, -0.05) is 19.4 Å². The van der Waals surface area contributed by atoms with Gasteiger partial charge in [0.1, 0.15) is 0 Å². The summed E-state index contributed by atoms with van der Waals surface area (Å²) in [5.41, 5.74) is 0. The molecule has 0 bridgehead atoms. The van der Waals surface area contributed by atoms with Crippen molar-refractivity contribution in [3.63, 3.8) is 0 Å². The first-order chi connectivity index (χ1) is 9.58. The number of hydrogen-bond donors (Lipinski definition) is 0. The van der Waals surface area contributed by atoms with E-state index in [0.29, 0.717) is 25.9 Å². The molecule has 0 aliphatic heterocycles. The Hall–Kier alpha value is -1.37. The normalized spacial score (nSPS) is 10.9. The summed E-state index contributed by atoms with van der Waals surface area (Å²) < 4.78 is 25.1. The van der Waals surface area contributed by atoms with Crippen LogP contribution >= 0.6 is 0 Å². The molecular weight excluding hydrogens is 274 g/mol. The maximum absolute atomic E-state index is 11.8. The van der Waals surface area contributed by atoms with Crippen molar-refractivity contribution in [1.82, 2.24) is 4.31 Å². The monoisotopic (exact) mass is 297 g/mol. The zero-order valence-electron chi connectivity index (χ0n) is 11.9. The lowest BCUT2D eigenvalue weighted by molar-refractivity contribution is 0.392. The van der Waals surface area contributed by atoms with Crippen molar-refractivity contribution in [1.29, 1.82) is 10.5 Å². The van der Waals surface area contributed by atoms with Crippen LogP contribution in [0.3, 0.4) is 0 Å². The first-order valence-corrected chi connectivity index (χ1v) is 8.45. The number of nitrogens with zero attached hydrogens (tertiary/aromatic N) is 3. The van der Waals surface area contributed by atoms with E-state index in [4.69, 9.17) is 10.5 Å². The molecule has 5 nitrogen and oxygen atoms in total. The maximum atomic E-state index is 11.8. The van der Waals surface area contributed by atoms with E-state index in [1.54, 1.807) is 0 Å². The Balaban J connectivity index is 4.14. The van der Waals surface area contributed by atoms with Crippen molar-refractivity contribution in [2.75, 3.05) is 13.1 Å². The highest BCUT2D eigenvalue weighted by molar-refractivity contribution is 7.92. The summed E-state index contributed by atoms with van der Waals surface area (Å²) in [6.07, 6.45) is 5.86. The van der Waals surface area contributed by atoms with Crippen molar-refractivity contribution in [2.45, 2.75) is 51.4 Å². The van der Waals surface area contributed by atoms with Gasteiger partial charge in [0.15, 0.2) is 0 Å². The lowest BCUT2D eigenvalue weighted by Gasteiger charge is -2.19. The minimum absolute atomic E-state index is 0.470. The second kappa shape index (κ2) is 11.5. The summed E-state index contributed by atoms with van der Waals surface area (Å²) in [6.45, 7) is 4.29. The van der Waals surface area contributed by atoms with E-state index in [1.807, 2.05) is 0 Å². The van der Waals surface area contributed by atoms with E-state index in [1.165, 1.54) is 4.31 Å². The molecule has 0 amide bonds. The second-order valence-electron chi connectivity index (χ2n) is 4.55. The molecule has 0 aromatic heterocycles. The summed E-state index contributed by atoms with van der Waals surface area (Å²) in [6, 6.07) is 4.15. The van der Waals surface area contributed by atoms with E-state index < -0.39 is 10.0 Å². The first kappa shape index (κ1) is 18.6. The number of rotatable bonds is 12. The topological polar surface area (TPSA) is 85.0 Å². The van der Waals surface area contributed by atoms with Crippen molar-refractivity contribution in [3.05, 3.63) is 12.0 Å². The molecule has 0 aliphatic carbocycles. The Labute approximate surface area is 122 Å². The highest BCUT2D eigenvalue weighted by atomic mass is 32.2. The van der Waals surface area contributed by atoms with Gasteiger partial charge in [0.25, 0.3) is 0 Å². The van der Waals surface area contributed by atoms with Gasteiger partial charge in [-0.25, -0.2) is 8.42 Å². The molecule has 6 heteroatoms. The van der Waals surface area contributed by atoms with Crippen LogP contribution in [0.4, 0.5) is 0 Å². The molecule has 20 heavy (non-hydrogen) atoms. The van der Waals surface area contributed by atoms with Crippen LogP contribution in [-0.2, 0) is 10.0 Å². The van der Waals surface area contributed by atoms with Crippen molar-refractivity contribution >= 4 is 10.0 Å². The molecule has 0 spiro atoms. The van der Waals surface area contributed by atoms with Crippen molar-refractivity contribution in [3.8, 4) is 12.1 Å². The largest absolute Gasteiger partial charge is 0.235 e. The standard InChI is InChI=1S/C14H23N3O2S/c1-2-20(18,19)17(13-9-5-3-7-11-15)14-10-6-4-8-12-16/h2H,1,3-10,13-14H2. The number of sulfonamides is 1. The summed E-state index contributed by atoms with van der Waals surface area (Å²) in [5, 5.41) is 17.9. The molecule has 0 saturated carbocycles. The molecule has 0 saturated heterocycles. The van der Waals surface area contributed by atoms with Gasteiger partial charge in [-0.05, 0) is 25.7 Å². The van der Waals surface area contributed by atoms with Gasteiger partial charge in [0.05, 0.1) is 12.1 Å². The molecule has 0 N–H and O–H groups in total. The molecule has 0 rings (SSSR count). The van der Waals surface area contributed by atoms with Crippen molar-refractivity contribution in [2.24, 2.45) is 0 Å². The smallest absolute Gasteiger partial charge is 0.208 e. The minimum atomic E-state index is -3.38. The summed E-state index contributed by atoms with van der Waals surface area (Å²) in [5.74, 6) is 0. The van der Waals surface area contributed by atoms with Gasteiger partial charge in [-0.15, -0.1) is 0 Å². The van der Waals surface area contributed by atoms with Gasteiger partial charge in [0, 0.05) is 31.3 Å². The van der Waals surface area contributed by atoms with Crippen LogP contribution in [0, 0.1) is 22.7 Å². The lowest BCUT2D eigenvalue weighted by Crippen LogP contribution is -2.31. The quantitative estimate of drug-likeness (QED) is 0.518. The molecule has 0 fully saturated rings. The Bertz CT molecular complexity index is 422. The second-order valence-corrected chi connectivity index (χ2v) is 6.43. The molecular formula is C14H23N3O2S. The third-order valence-corrected chi connectivity index (χ3v) is 4.47. The zero-order valence-corrected chi connectivity index (χ0v) is 12.7. The Kier molecular flexibility index (Phi) is 10.7. The average molecular weight is 297 g/mol. The molecule has 0 aliphatic rings. The highest BCUT2D eigenvalue weighted by Gasteiger charge is 2.17. The summed E-state index contributed by atoms with van der Waals surface area (Å²) >= 11 is 0.